The molecule has 23 heavy (non-hydrogen) atoms. The number of ether oxygens (including phenoxy) is 1. The Labute approximate surface area is 138 Å². The molecule has 2 rings (SSSR count). The van der Waals surface area contributed by atoms with Crippen molar-refractivity contribution in [2.45, 2.75) is 38.6 Å². The molecule has 0 saturated carbocycles. The fourth-order valence-electron chi connectivity index (χ4n) is 3.07. The summed E-state index contributed by atoms with van der Waals surface area (Å²) in [5.41, 5.74) is 8.36. The number of hydrogen-bond acceptors (Lipinski definition) is 3. The highest BCUT2D eigenvalue weighted by molar-refractivity contribution is 5.86. The van der Waals surface area contributed by atoms with Crippen molar-refractivity contribution < 1.29 is 9.53 Å². The van der Waals surface area contributed by atoms with Crippen molar-refractivity contribution in [2.24, 2.45) is 5.73 Å². The van der Waals surface area contributed by atoms with E-state index in [1.165, 1.54) is 0 Å². The fraction of sp³-hybridized carbons (Fsp3) is 0.350. The molecule has 0 heterocycles. The molecule has 0 aliphatic carbocycles. The number of esters is 1. The van der Waals surface area contributed by atoms with Crippen LogP contribution in [0.15, 0.2) is 54.6 Å². The van der Waals surface area contributed by atoms with Crippen LogP contribution in [-0.4, -0.2) is 18.6 Å². The van der Waals surface area contributed by atoms with Crippen LogP contribution in [-0.2, 0) is 14.9 Å². The minimum atomic E-state index is -0.767. The van der Waals surface area contributed by atoms with Gasteiger partial charge in [0.05, 0.1) is 12.0 Å². The first-order valence-corrected chi connectivity index (χ1v) is 8.06. The molecule has 0 fully saturated rings. The maximum absolute atomic E-state index is 12.7. The molecular weight excluding hydrogens is 286 g/mol. The van der Waals surface area contributed by atoms with Crippen molar-refractivity contribution in [1.82, 2.24) is 0 Å². The maximum atomic E-state index is 12.7. The van der Waals surface area contributed by atoms with E-state index in [9.17, 15) is 4.79 Å². The first-order valence-electron chi connectivity index (χ1n) is 8.06. The van der Waals surface area contributed by atoms with Gasteiger partial charge in [0.1, 0.15) is 0 Å². The van der Waals surface area contributed by atoms with E-state index >= 15 is 0 Å². The van der Waals surface area contributed by atoms with Crippen molar-refractivity contribution in [2.75, 3.05) is 6.61 Å². The van der Waals surface area contributed by atoms with Gasteiger partial charge in [0.15, 0.2) is 0 Å². The molecule has 0 amide bonds. The topological polar surface area (TPSA) is 52.3 Å². The van der Waals surface area contributed by atoms with Gasteiger partial charge in [0.25, 0.3) is 0 Å². The summed E-state index contributed by atoms with van der Waals surface area (Å²) in [7, 11) is 0. The highest BCUT2D eigenvalue weighted by atomic mass is 16.5. The summed E-state index contributed by atoms with van der Waals surface area (Å²) in [6.07, 6.45) is 0.537. The minimum absolute atomic E-state index is 0.103. The van der Waals surface area contributed by atoms with E-state index in [1.54, 1.807) is 0 Å². The Bertz CT molecular complexity index is 652. The van der Waals surface area contributed by atoms with E-state index in [0.29, 0.717) is 13.0 Å². The van der Waals surface area contributed by atoms with Crippen molar-refractivity contribution in [1.29, 1.82) is 0 Å². The van der Waals surface area contributed by atoms with Crippen LogP contribution < -0.4 is 5.73 Å². The molecule has 2 atom stereocenters. The summed E-state index contributed by atoms with van der Waals surface area (Å²) in [5.74, 6) is -0.222. The SMILES string of the molecule is CCOC(=O)C(C)(CC(C)N)c1ccccc1-c1ccccc1. The molecule has 3 heteroatoms. The molecule has 2 unspecified atom stereocenters. The lowest BCUT2D eigenvalue weighted by atomic mass is 9.74. The molecule has 0 radical (unpaired) electrons. The Morgan fingerprint density at radius 2 is 1.74 bits per heavy atom. The third-order valence-corrected chi connectivity index (χ3v) is 4.06. The maximum Gasteiger partial charge on any atom is 0.316 e. The summed E-state index contributed by atoms with van der Waals surface area (Å²) < 4.78 is 5.36. The second-order valence-corrected chi connectivity index (χ2v) is 6.15. The summed E-state index contributed by atoms with van der Waals surface area (Å²) in [5, 5.41) is 0. The number of benzene rings is 2. The Kier molecular flexibility index (Phi) is 5.56. The standard InChI is InChI=1S/C20H25NO2/c1-4-23-19(22)20(3,14-15(2)21)18-13-9-8-12-17(18)16-10-6-5-7-11-16/h5-13,15H,4,14,21H2,1-3H3. The Hall–Kier alpha value is -2.13. The zero-order valence-electron chi connectivity index (χ0n) is 14.1. The summed E-state index contributed by atoms with van der Waals surface area (Å²) in [4.78, 5) is 12.7. The molecule has 2 aromatic carbocycles. The number of hydrogen-bond donors (Lipinski definition) is 1. The summed E-state index contributed by atoms with van der Waals surface area (Å²) in [6, 6.07) is 18.0. The van der Waals surface area contributed by atoms with Gasteiger partial charge in [-0.15, -0.1) is 0 Å². The number of carbonyl (C=O) groups is 1. The third kappa shape index (κ3) is 3.80. The third-order valence-electron chi connectivity index (χ3n) is 4.06. The van der Waals surface area contributed by atoms with Crippen molar-refractivity contribution in [3.63, 3.8) is 0 Å². The van der Waals surface area contributed by atoms with E-state index in [-0.39, 0.29) is 12.0 Å². The smallest absolute Gasteiger partial charge is 0.316 e. The van der Waals surface area contributed by atoms with Crippen molar-refractivity contribution >= 4 is 5.97 Å². The molecule has 122 valence electrons. The quantitative estimate of drug-likeness (QED) is 0.823. The van der Waals surface area contributed by atoms with Gasteiger partial charge >= 0.3 is 5.97 Å². The van der Waals surface area contributed by atoms with E-state index < -0.39 is 5.41 Å². The van der Waals surface area contributed by atoms with E-state index in [2.05, 4.69) is 12.1 Å². The van der Waals surface area contributed by atoms with Gasteiger partial charge in [-0.05, 0) is 43.9 Å². The van der Waals surface area contributed by atoms with E-state index in [1.807, 2.05) is 63.2 Å². The van der Waals surface area contributed by atoms with Gasteiger partial charge in [-0.3, -0.25) is 4.79 Å². The Balaban J connectivity index is 2.58. The second kappa shape index (κ2) is 7.42. The van der Waals surface area contributed by atoms with Crippen LogP contribution >= 0.6 is 0 Å². The van der Waals surface area contributed by atoms with Crippen molar-refractivity contribution in [3.8, 4) is 11.1 Å². The molecular formula is C20H25NO2. The molecule has 2 aromatic rings. The predicted molar refractivity (Wildman–Crippen MR) is 94.1 cm³/mol. The van der Waals surface area contributed by atoms with Crippen LogP contribution in [0.2, 0.25) is 0 Å². The first-order chi connectivity index (χ1) is 11.0. The zero-order chi connectivity index (χ0) is 16.9. The minimum Gasteiger partial charge on any atom is -0.465 e. The summed E-state index contributed by atoms with van der Waals surface area (Å²) in [6.45, 7) is 6.03. The lowest BCUT2D eigenvalue weighted by molar-refractivity contribution is -0.150. The Morgan fingerprint density at radius 1 is 1.13 bits per heavy atom. The van der Waals surface area contributed by atoms with Crippen molar-refractivity contribution in [3.05, 3.63) is 60.2 Å². The van der Waals surface area contributed by atoms with Gasteiger partial charge in [0.2, 0.25) is 0 Å². The highest BCUT2D eigenvalue weighted by Gasteiger charge is 2.39. The largest absolute Gasteiger partial charge is 0.465 e. The highest BCUT2D eigenvalue weighted by Crippen LogP contribution is 2.37. The first kappa shape index (κ1) is 17.2. The van der Waals surface area contributed by atoms with Gasteiger partial charge in [-0.2, -0.15) is 0 Å². The van der Waals surface area contributed by atoms with Crippen LogP contribution in [0.5, 0.6) is 0 Å². The van der Waals surface area contributed by atoms with Crippen LogP contribution in [0.4, 0.5) is 0 Å². The fourth-order valence-corrected chi connectivity index (χ4v) is 3.07. The summed E-state index contributed by atoms with van der Waals surface area (Å²) >= 11 is 0. The lowest BCUT2D eigenvalue weighted by Crippen LogP contribution is -2.40. The Morgan fingerprint density at radius 3 is 2.35 bits per heavy atom. The van der Waals surface area contributed by atoms with Gasteiger partial charge < -0.3 is 10.5 Å². The lowest BCUT2D eigenvalue weighted by Gasteiger charge is -2.31. The predicted octanol–water partition coefficient (Wildman–Crippen LogP) is 3.91. The van der Waals surface area contributed by atoms with Gasteiger partial charge in [0, 0.05) is 6.04 Å². The number of carbonyl (C=O) groups excluding carboxylic acids is 1. The van der Waals surface area contributed by atoms with Crippen LogP contribution in [0.1, 0.15) is 32.8 Å². The molecule has 0 aliphatic rings. The van der Waals surface area contributed by atoms with E-state index in [0.717, 1.165) is 16.7 Å². The van der Waals surface area contributed by atoms with Crippen LogP contribution in [0.25, 0.3) is 11.1 Å². The molecule has 0 spiro atoms. The zero-order valence-corrected chi connectivity index (χ0v) is 14.1. The van der Waals surface area contributed by atoms with E-state index in [4.69, 9.17) is 10.5 Å². The monoisotopic (exact) mass is 311 g/mol. The van der Waals surface area contributed by atoms with Crippen LogP contribution in [0, 0.1) is 0 Å². The van der Waals surface area contributed by atoms with Crippen LogP contribution in [0.3, 0.4) is 0 Å². The van der Waals surface area contributed by atoms with Gasteiger partial charge in [-0.25, -0.2) is 0 Å². The second-order valence-electron chi connectivity index (χ2n) is 6.15. The average Bonchev–Trinajstić information content (AvgIpc) is 2.55. The molecule has 0 aromatic heterocycles. The molecule has 0 saturated heterocycles. The van der Waals surface area contributed by atoms with Gasteiger partial charge in [-0.1, -0.05) is 54.6 Å². The molecule has 0 aliphatic heterocycles. The number of rotatable bonds is 6. The molecule has 3 nitrogen and oxygen atoms in total. The molecule has 0 bridgehead atoms. The average molecular weight is 311 g/mol. The number of nitrogens with two attached hydrogens (primary N) is 1. The molecule has 2 N–H and O–H groups in total. The normalized spacial score (nSPS) is 14.8.